The van der Waals surface area contributed by atoms with Crippen molar-refractivity contribution in [3.05, 3.63) is 36.5 Å². The number of nitrogens with zero attached hydrogens (tertiary/aromatic N) is 2. The first-order valence-corrected chi connectivity index (χ1v) is 7.65. The van der Waals surface area contributed by atoms with Crippen LogP contribution in [0.2, 0.25) is 0 Å². The summed E-state index contributed by atoms with van der Waals surface area (Å²) in [7, 11) is 0. The second kappa shape index (κ2) is 7.85. The lowest BCUT2D eigenvalue weighted by Gasteiger charge is -2.17. The third-order valence-electron chi connectivity index (χ3n) is 3.76. The zero-order valence-corrected chi connectivity index (χ0v) is 12.6. The molecule has 0 spiro atoms. The maximum Gasteiger partial charge on any atom is 0.0722 e. The van der Waals surface area contributed by atoms with Crippen LogP contribution in [0.25, 0.3) is 10.9 Å². The Balaban J connectivity index is 1.81. The molecule has 1 N–H and O–H groups in total. The minimum Gasteiger partial charge on any atom is -0.384 e. The standard InChI is InChI=1S/C17H25N3/c1-3-20(4-2)14-8-7-12-18-17-11-13-19-16-10-6-5-9-15(16)17/h5-6,9-11,13H,3-4,7-8,12,14H2,1-2H3,(H,18,19). The highest BCUT2D eigenvalue weighted by molar-refractivity contribution is 5.90. The molecular formula is C17H25N3. The Kier molecular flexibility index (Phi) is 5.81. The first kappa shape index (κ1) is 14.8. The minimum absolute atomic E-state index is 1.02. The number of anilines is 1. The summed E-state index contributed by atoms with van der Waals surface area (Å²) in [6.07, 6.45) is 4.32. The number of benzene rings is 1. The summed E-state index contributed by atoms with van der Waals surface area (Å²) >= 11 is 0. The lowest BCUT2D eigenvalue weighted by atomic mass is 10.2. The van der Waals surface area contributed by atoms with Gasteiger partial charge in [0.1, 0.15) is 0 Å². The number of unbranched alkanes of at least 4 members (excludes halogenated alkanes) is 1. The molecule has 0 amide bonds. The molecular weight excluding hydrogens is 246 g/mol. The van der Waals surface area contributed by atoms with E-state index in [1.54, 1.807) is 0 Å². The van der Waals surface area contributed by atoms with E-state index in [1.165, 1.54) is 30.5 Å². The summed E-state index contributed by atoms with van der Waals surface area (Å²) in [5, 5.41) is 4.75. The first-order chi connectivity index (χ1) is 9.85. The number of aromatic nitrogens is 1. The Bertz CT molecular complexity index is 515. The fourth-order valence-electron chi connectivity index (χ4n) is 2.47. The fraction of sp³-hybridized carbons (Fsp3) is 0.471. The van der Waals surface area contributed by atoms with Crippen LogP contribution in [0.1, 0.15) is 26.7 Å². The van der Waals surface area contributed by atoms with Gasteiger partial charge >= 0.3 is 0 Å². The molecule has 0 saturated carbocycles. The van der Waals surface area contributed by atoms with E-state index in [-0.39, 0.29) is 0 Å². The summed E-state index contributed by atoms with van der Waals surface area (Å²) in [6.45, 7) is 8.98. The van der Waals surface area contributed by atoms with Crippen LogP contribution in [0.3, 0.4) is 0 Å². The molecule has 3 heteroatoms. The van der Waals surface area contributed by atoms with Gasteiger partial charge in [0, 0.05) is 23.8 Å². The zero-order chi connectivity index (χ0) is 14.2. The van der Waals surface area contributed by atoms with Gasteiger partial charge in [-0.1, -0.05) is 32.0 Å². The van der Waals surface area contributed by atoms with Crippen molar-refractivity contribution in [1.82, 2.24) is 9.88 Å². The van der Waals surface area contributed by atoms with Crippen LogP contribution < -0.4 is 5.32 Å². The number of nitrogens with one attached hydrogen (secondary N) is 1. The van der Waals surface area contributed by atoms with E-state index in [9.17, 15) is 0 Å². The molecule has 0 radical (unpaired) electrons. The predicted molar refractivity (Wildman–Crippen MR) is 87.3 cm³/mol. The molecule has 20 heavy (non-hydrogen) atoms. The molecule has 108 valence electrons. The number of para-hydroxylation sites is 1. The van der Waals surface area contributed by atoms with Gasteiger partial charge in [0.15, 0.2) is 0 Å². The lowest BCUT2D eigenvalue weighted by molar-refractivity contribution is 0.298. The van der Waals surface area contributed by atoms with Gasteiger partial charge < -0.3 is 10.2 Å². The molecule has 0 bridgehead atoms. The van der Waals surface area contributed by atoms with Gasteiger partial charge in [0.2, 0.25) is 0 Å². The van der Waals surface area contributed by atoms with Gasteiger partial charge in [-0.15, -0.1) is 0 Å². The Morgan fingerprint density at radius 3 is 2.65 bits per heavy atom. The van der Waals surface area contributed by atoms with Crippen molar-refractivity contribution in [3.63, 3.8) is 0 Å². The van der Waals surface area contributed by atoms with Crippen LogP contribution in [0.4, 0.5) is 5.69 Å². The SMILES string of the molecule is CCN(CC)CCCCNc1ccnc2ccccc12. The Morgan fingerprint density at radius 1 is 1.05 bits per heavy atom. The van der Waals surface area contributed by atoms with Gasteiger partial charge in [-0.3, -0.25) is 4.98 Å². The smallest absolute Gasteiger partial charge is 0.0722 e. The third-order valence-corrected chi connectivity index (χ3v) is 3.76. The second-order valence-corrected chi connectivity index (χ2v) is 5.04. The first-order valence-electron chi connectivity index (χ1n) is 7.65. The van der Waals surface area contributed by atoms with Gasteiger partial charge in [-0.2, -0.15) is 0 Å². The Labute approximate surface area is 122 Å². The number of hydrogen-bond acceptors (Lipinski definition) is 3. The normalized spacial score (nSPS) is 11.2. The zero-order valence-electron chi connectivity index (χ0n) is 12.6. The van der Waals surface area contributed by atoms with E-state index in [0.717, 1.165) is 25.2 Å². The molecule has 2 rings (SSSR count). The molecule has 1 aromatic heterocycles. The van der Waals surface area contributed by atoms with Crippen molar-refractivity contribution in [3.8, 4) is 0 Å². The molecule has 1 aromatic carbocycles. The average molecular weight is 271 g/mol. The molecule has 1 heterocycles. The van der Waals surface area contributed by atoms with Crippen LogP contribution in [-0.4, -0.2) is 36.1 Å². The van der Waals surface area contributed by atoms with Crippen molar-refractivity contribution in [1.29, 1.82) is 0 Å². The Hall–Kier alpha value is -1.61. The minimum atomic E-state index is 1.02. The second-order valence-electron chi connectivity index (χ2n) is 5.04. The van der Waals surface area contributed by atoms with Crippen molar-refractivity contribution >= 4 is 16.6 Å². The van der Waals surface area contributed by atoms with Crippen LogP contribution in [0.5, 0.6) is 0 Å². The fourth-order valence-corrected chi connectivity index (χ4v) is 2.47. The quantitative estimate of drug-likeness (QED) is 0.741. The van der Waals surface area contributed by atoms with Crippen LogP contribution in [0, 0.1) is 0 Å². The lowest BCUT2D eigenvalue weighted by Crippen LogP contribution is -2.24. The molecule has 0 aliphatic heterocycles. The number of pyridine rings is 1. The molecule has 0 saturated heterocycles. The van der Waals surface area contributed by atoms with Crippen molar-refractivity contribution < 1.29 is 0 Å². The molecule has 0 aliphatic rings. The van der Waals surface area contributed by atoms with Gasteiger partial charge in [-0.05, 0) is 44.6 Å². The van der Waals surface area contributed by atoms with Crippen LogP contribution in [0.15, 0.2) is 36.5 Å². The summed E-state index contributed by atoms with van der Waals surface area (Å²) in [5.41, 5.74) is 2.25. The summed E-state index contributed by atoms with van der Waals surface area (Å²) in [5.74, 6) is 0. The third kappa shape index (κ3) is 3.94. The summed E-state index contributed by atoms with van der Waals surface area (Å²) in [4.78, 5) is 6.86. The molecule has 2 aromatic rings. The number of hydrogen-bond donors (Lipinski definition) is 1. The van der Waals surface area contributed by atoms with Gasteiger partial charge in [0.25, 0.3) is 0 Å². The summed E-state index contributed by atoms with van der Waals surface area (Å²) < 4.78 is 0. The molecule has 0 atom stereocenters. The highest BCUT2D eigenvalue weighted by Crippen LogP contribution is 2.20. The van der Waals surface area contributed by atoms with E-state index < -0.39 is 0 Å². The van der Waals surface area contributed by atoms with E-state index in [4.69, 9.17) is 0 Å². The van der Waals surface area contributed by atoms with E-state index in [1.807, 2.05) is 12.3 Å². The molecule has 0 fully saturated rings. The van der Waals surface area contributed by atoms with Crippen molar-refractivity contribution in [2.24, 2.45) is 0 Å². The molecule has 3 nitrogen and oxygen atoms in total. The van der Waals surface area contributed by atoms with E-state index in [0.29, 0.717) is 0 Å². The van der Waals surface area contributed by atoms with Gasteiger partial charge in [0.05, 0.1) is 5.52 Å². The highest BCUT2D eigenvalue weighted by atomic mass is 15.1. The monoisotopic (exact) mass is 271 g/mol. The van der Waals surface area contributed by atoms with Gasteiger partial charge in [-0.25, -0.2) is 0 Å². The molecule has 0 unspecified atom stereocenters. The maximum atomic E-state index is 4.38. The van der Waals surface area contributed by atoms with Crippen molar-refractivity contribution in [2.45, 2.75) is 26.7 Å². The van der Waals surface area contributed by atoms with E-state index in [2.05, 4.69) is 53.3 Å². The van der Waals surface area contributed by atoms with Crippen LogP contribution in [-0.2, 0) is 0 Å². The Morgan fingerprint density at radius 2 is 1.85 bits per heavy atom. The van der Waals surface area contributed by atoms with Crippen LogP contribution >= 0.6 is 0 Å². The van der Waals surface area contributed by atoms with E-state index >= 15 is 0 Å². The highest BCUT2D eigenvalue weighted by Gasteiger charge is 2.01. The predicted octanol–water partition coefficient (Wildman–Crippen LogP) is 3.77. The topological polar surface area (TPSA) is 28.2 Å². The van der Waals surface area contributed by atoms with Crippen molar-refractivity contribution in [2.75, 3.05) is 31.5 Å². The average Bonchev–Trinajstić information content (AvgIpc) is 2.51. The number of fused-ring (bicyclic) bond motifs is 1. The summed E-state index contributed by atoms with van der Waals surface area (Å²) in [6, 6.07) is 10.3. The number of rotatable bonds is 8. The molecule has 0 aliphatic carbocycles. The largest absolute Gasteiger partial charge is 0.384 e. The maximum absolute atomic E-state index is 4.38.